The molecule has 2 fully saturated rings. The molecule has 0 saturated carbocycles. The molecule has 2 aliphatic heterocycles. The van der Waals surface area contributed by atoms with Crippen molar-refractivity contribution in [1.29, 1.82) is 0 Å². The summed E-state index contributed by atoms with van der Waals surface area (Å²) in [6, 6.07) is 6.45. The lowest BCUT2D eigenvalue weighted by Gasteiger charge is -2.36. The molecule has 7 heteroatoms. The number of carbonyl (C=O) groups is 1. The predicted octanol–water partition coefficient (Wildman–Crippen LogP) is 2.35. The lowest BCUT2D eigenvalue weighted by atomic mass is 9.93. The van der Waals surface area contributed by atoms with Gasteiger partial charge in [0, 0.05) is 32.1 Å². The van der Waals surface area contributed by atoms with Gasteiger partial charge in [0.2, 0.25) is 15.9 Å². The molecule has 1 aromatic carbocycles. The molecular formula is C19H28N2O4S. The zero-order chi connectivity index (χ0) is 18.7. The van der Waals surface area contributed by atoms with Gasteiger partial charge in [-0.3, -0.25) is 4.79 Å². The number of amides is 1. The van der Waals surface area contributed by atoms with Gasteiger partial charge in [0.05, 0.1) is 12.0 Å². The number of nitrogens with zero attached hydrogens (tertiary/aromatic N) is 2. The van der Waals surface area contributed by atoms with Crippen LogP contribution >= 0.6 is 0 Å². The van der Waals surface area contributed by atoms with Gasteiger partial charge in [-0.2, -0.15) is 4.31 Å². The Balaban J connectivity index is 1.61. The fraction of sp³-hybridized carbons (Fsp3) is 0.632. The van der Waals surface area contributed by atoms with Crippen molar-refractivity contribution in [2.45, 2.75) is 37.5 Å². The number of rotatable bonds is 4. The summed E-state index contributed by atoms with van der Waals surface area (Å²) in [4.78, 5) is 15.0. The number of piperidine rings is 2. The Morgan fingerprint density at radius 1 is 1.08 bits per heavy atom. The van der Waals surface area contributed by atoms with Crippen LogP contribution in [0.5, 0.6) is 5.75 Å². The number of hydrogen-bond donors (Lipinski definition) is 0. The smallest absolute Gasteiger partial charge is 0.243 e. The second kappa shape index (κ2) is 7.96. The monoisotopic (exact) mass is 380 g/mol. The number of methoxy groups -OCH3 is 1. The average Bonchev–Trinajstić information content (AvgIpc) is 2.67. The van der Waals surface area contributed by atoms with Crippen LogP contribution in [0.15, 0.2) is 29.2 Å². The third-order valence-electron chi connectivity index (χ3n) is 5.47. The van der Waals surface area contributed by atoms with E-state index in [0.29, 0.717) is 37.6 Å². The minimum atomic E-state index is -3.52. The number of hydrogen-bond acceptors (Lipinski definition) is 4. The molecule has 2 saturated heterocycles. The number of carbonyl (C=O) groups excluding carboxylic acids is 1. The van der Waals surface area contributed by atoms with Crippen molar-refractivity contribution in [2.24, 2.45) is 11.8 Å². The van der Waals surface area contributed by atoms with Gasteiger partial charge in [0.15, 0.2) is 0 Å². The maximum absolute atomic E-state index is 12.8. The minimum Gasteiger partial charge on any atom is -0.497 e. The molecule has 0 aliphatic carbocycles. The van der Waals surface area contributed by atoms with Gasteiger partial charge in [0.1, 0.15) is 5.75 Å². The molecule has 0 bridgehead atoms. The summed E-state index contributed by atoms with van der Waals surface area (Å²) in [5.41, 5.74) is 0. The van der Waals surface area contributed by atoms with Gasteiger partial charge < -0.3 is 9.64 Å². The Hall–Kier alpha value is -1.60. The van der Waals surface area contributed by atoms with Crippen LogP contribution in [0, 0.1) is 11.8 Å². The van der Waals surface area contributed by atoms with E-state index in [-0.39, 0.29) is 16.7 Å². The van der Waals surface area contributed by atoms with Gasteiger partial charge in [-0.05, 0) is 55.9 Å². The van der Waals surface area contributed by atoms with Crippen LogP contribution in [-0.2, 0) is 14.8 Å². The van der Waals surface area contributed by atoms with Gasteiger partial charge in [-0.1, -0.05) is 6.92 Å². The van der Waals surface area contributed by atoms with Gasteiger partial charge in [-0.25, -0.2) is 8.42 Å². The van der Waals surface area contributed by atoms with E-state index in [2.05, 4.69) is 6.92 Å². The number of likely N-dealkylation sites (tertiary alicyclic amines) is 1. The van der Waals surface area contributed by atoms with E-state index < -0.39 is 10.0 Å². The van der Waals surface area contributed by atoms with E-state index in [0.717, 1.165) is 19.5 Å². The molecule has 144 valence electrons. The van der Waals surface area contributed by atoms with Crippen molar-refractivity contribution >= 4 is 15.9 Å². The van der Waals surface area contributed by atoms with Crippen molar-refractivity contribution in [3.63, 3.8) is 0 Å². The van der Waals surface area contributed by atoms with E-state index in [1.807, 2.05) is 4.90 Å². The Labute approximate surface area is 156 Å². The SMILES string of the molecule is COc1ccc(S(=O)(=O)N2CCC(C(=O)N3CCC[C@H](C)C3)CC2)cc1. The summed E-state index contributed by atoms with van der Waals surface area (Å²) >= 11 is 0. The standard InChI is InChI=1S/C19H28N2O4S/c1-15-4-3-11-20(14-15)19(22)16-9-12-21(13-10-16)26(23,24)18-7-5-17(25-2)6-8-18/h5-8,15-16H,3-4,9-14H2,1-2H3/t15-/m0/s1. The molecule has 3 rings (SSSR count). The first-order valence-corrected chi connectivity index (χ1v) is 10.8. The summed E-state index contributed by atoms with van der Waals surface area (Å²) in [6.45, 7) is 4.66. The normalized spacial score (nSPS) is 23.0. The van der Waals surface area contributed by atoms with E-state index >= 15 is 0 Å². The second-order valence-electron chi connectivity index (χ2n) is 7.39. The Morgan fingerprint density at radius 2 is 1.73 bits per heavy atom. The quantitative estimate of drug-likeness (QED) is 0.804. The topological polar surface area (TPSA) is 66.9 Å². The molecule has 0 N–H and O–H groups in total. The first-order chi connectivity index (χ1) is 12.4. The molecular weight excluding hydrogens is 352 g/mol. The Bertz CT molecular complexity index is 724. The molecule has 0 aromatic heterocycles. The summed E-state index contributed by atoms with van der Waals surface area (Å²) in [5, 5.41) is 0. The second-order valence-corrected chi connectivity index (χ2v) is 9.32. The van der Waals surface area contributed by atoms with Crippen molar-refractivity contribution in [3.8, 4) is 5.75 Å². The zero-order valence-electron chi connectivity index (χ0n) is 15.6. The van der Waals surface area contributed by atoms with E-state index in [1.165, 1.54) is 10.7 Å². The molecule has 0 spiro atoms. The van der Waals surface area contributed by atoms with Crippen molar-refractivity contribution in [3.05, 3.63) is 24.3 Å². The molecule has 2 heterocycles. The van der Waals surface area contributed by atoms with Gasteiger partial charge in [0.25, 0.3) is 0 Å². The van der Waals surface area contributed by atoms with Crippen LogP contribution in [0.4, 0.5) is 0 Å². The maximum atomic E-state index is 12.8. The zero-order valence-corrected chi connectivity index (χ0v) is 16.4. The van der Waals surface area contributed by atoms with Crippen LogP contribution in [0.3, 0.4) is 0 Å². The van der Waals surface area contributed by atoms with E-state index in [4.69, 9.17) is 4.74 Å². The first-order valence-electron chi connectivity index (χ1n) is 9.35. The molecule has 1 aromatic rings. The Morgan fingerprint density at radius 3 is 2.31 bits per heavy atom. The molecule has 0 radical (unpaired) electrons. The predicted molar refractivity (Wildman–Crippen MR) is 99.5 cm³/mol. The highest BCUT2D eigenvalue weighted by atomic mass is 32.2. The third-order valence-corrected chi connectivity index (χ3v) is 7.38. The highest BCUT2D eigenvalue weighted by molar-refractivity contribution is 7.89. The van der Waals surface area contributed by atoms with E-state index in [9.17, 15) is 13.2 Å². The largest absolute Gasteiger partial charge is 0.497 e. The van der Waals surface area contributed by atoms with Crippen LogP contribution in [0.1, 0.15) is 32.6 Å². The van der Waals surface area contributed by atoms with Crippen LogP contribution in [-0.4, -0.2) is 56.8 Å². The summed E-state index contributed by atoms with van der Waals surface area (Å²) in [6.07, 6.45) is 3.44. The van der Waals surface area contributed by atoms with E-state index in [1.54, 1.807) is 31.4 Å². The third kappa shape index (κ3) is 4.04. The van der Waals surface area contributed by atoms with Gasteiger partial charge in [-0.15, -0.1) is 0 Å². The lowest BCUT2D eigenvalue weighted by molar-refractivity contribution is -0.138. The summed E-state index contributed by atoms with van der Waals surface area (Å²) in [7, 11) is -1.97. The molecule has 2 aliphatic rings. The highest BCUT2D eigenvalue weighted by Crippen LogP contribution is 2.27. The molecule has 1 atom stereocenters. The minimum absolute atomic E-state index is 0.0531. The van der Waals surface area contributed by atoms with Crippen LogP contribution < -0.4 is 4.74 Å². The van der Waals surface area contributed by atoms with Gasteiger partial charge >= 0.3 is 0 Å². The number of benzene rings is 1. The van der Waals surface area contributed by atoms with Crippen molar-refractivity contribution < 1.29 is 17.9 Å². The fourth-order valence-electron chi connectivity index (χ4n) is 3.89. The average molecular weight is 381 g/mol. The summed E-state index contributed by atoms with van der Waals surface area (Å²) < 4.78 is 32.2. The Kier molecular flexibility index (Phi) is 5.87. The van der Waals surface area contributed by atoms with Crippen molar-refractivity contribution in [2.75, 3.05) is 33.3 Å². The number of sulfonamides is 1. The molecule has 1 amide bonds. The molecule has 0 unspecified atom stereocenters. The molecule has 6 nitrogen and oxygen atoms in total. The lowest BCUT2D eigenvalue weighted by Crippen LogP contribution is -2.46. The highest BCUT2D eigenvalue weighted by Gasteiger charge is 2.34. The first kappa shape index (κ1) is 19.2. The van der Waals surface area contributed by atoms with Crippen LogP contribution in [0.25, 0.3) is 0 Å². The maximum Gasteiger partial charge on any atom is 0.243 e. The fourth-order valence-corrected chi connectivity index (χ4v) is 5.36. The number of ether oxygens (including phenoxy) is 1. The van der Waals surface area contributed by atoms with Crippen molar-refractivity contribution in [1.82, 2.24) is 9.21 Å². The molecule has 26 heavy (non-hydrogen) atoms. The van der Waals surface area contributed by atoms with Crippen LogP contribution in [0.2, 0.25) is 0 Å². The summed E-state index contributed by atoms with van der Waals surface area (Å²) in [5.74, 6) is 1.34.